The predicted octanol–water partition coefficient (Wildman–Crippen LogP) is 1.10. The molecule has 0 spiro atoms. The summed E-state index contributed by atoms with van der Waals surface area (Å²) in [6.45, 7) is 3.05. The Labute approximate surface area is 100 Å². The molecule has 0 bridgehead atoms. The van der Waals surface area contributed by atoms with Gasteiger partial charge in [0.2, 0.25) is 10.0 Å². The summed E-state index contributed by atoms with van der Waals surface area (Å²) in [5.74, 6) is 1.50. The van der Waals surface area contributed by atoms with Gasteiger partial charge in [0.1, 0.15) is 5.82 Å². The van der Waals surface area contributed by atoms with Gasteiger partial charge in [-0.1, -0.05) is 5.92 Å². The van der Waals surface area contributed by atoms with Crippen molar-refractivity contribution in [2.24, 2.45) is 0 Å². The van der Waals surface area contributed by atoms with Gasteiger partial charge in [0.25, 0.3) is 0 Å². The lowest BCUT2D eigenvalue weighted by atomic mass is 10.1. The topological polar surface area (TPSA) is 72.2 Å². The molecule has 0 unspecified atom stereocenters. The maximum absolute atomic E-state index is 13.2. The molecule has 0 radical (unpaired) electrons. The molecule has 1 aromatic carbocycles. The van der Waals surface area contributed by atoms with Gasteiger partial charge in [0, 0.05) is 0 Å². The minimum absolute atomic E-state index is 0.111. The molecule has 0 saturated heterocycles. The van der Waals surface area contributed by atoms with Crippen LogP contribution in [0.2, 0.25) is 0 Å². The van der Waals surface area contributed by atoms with E-state index in [0.717, 1.165) is 6.07 Å². The molecule has 0 heterocycles. The van der Waals surface area contributed by atoms with Gasteiger partial charge in [-0.25, -0.2) is 12.8 Å². The van der Waals surface area contributed by atoms with Crippen LogP contribution in [0.25, 0.3) is 0 Å². The molecular weight excluding hydrogens is 243 g/mol. The van der Waals surface area contributed by atoms with E-state index >= 15 is 0 Å². The highest BCUT2D eigenvalue weighted by atomic mass is 32.2. The van der Waals surface area contributed by atoms with Crippen molar-refractivity contribution >= 4 is 15.7 Å². The number of nitrogen functional groups attached to an aromatic ring is 1. The number of anilines is 1. The molecule has 0 aliphatic carbocycles. The fourth-order valence-corrected chi connectivity index (χ4v) is 2.45. The van der Waals surface area contributed by atoms with Crippen molar-refractivity contribution in [1.29, 1.82) is 0 Å². The van der Waals surface area contributed by atoms with E-state index in [0.29, 0.717) is 0 Å². The Kier molecular flexibility index (Phi) is 3.45. The zero-order chi connectivity index (χ0) is 13.3. The van der Waals surface area contributed by atoms with Gasteiger partial charge in [0.15, 0.2) is 0 Å². The predicted molar refractivity (Wildman–Crippen MR) is 64.0 cm³/mol. The first-order valence-electron chi connectivity index (χ1n) is 4.75. The minimum Gasteiger partial charge on any atom is -0.396 e. The van der Waals surface area contributed by atoms with E-state index in [1.54, 1.807) is 0 Å². The third-order valence-corrected chi connectivity index (χ3v) is 3.69. The standard InChI is InChI=1S/C11H13FN2O2S/c1-4-11(2,3)14-17(15,16)8-5-6-10(13)9(12)7-8/h1,5-7,14H,13H2,2-3H3. The lowest BCUT2D eigenvalue weighted by molar-refractivity contribution is 0.537. The van der Waals surface area contributed by atoms with Crippen molar-refractivity contribution in [2.45, 2.75) is 24.3 Å². The Hall–Kier alpha value is -1.58. The largest absolute Gasteiger partial charge is 0.396 e. The van der Waals surface area contributed by atoms with E-state index in [9.17, 15) is 12.8 Å². The first-order chi connectivity index (χ1) is 7.68. The number of sulfonamides is 1. The number of hydrogen-bond acceptors (Lipinski definition) is 3. The second kappa shape index (κ2) is 4.35. The van der Waals surface area contributed by atoms with Crippen LogP contribution in [-0.2, 0) is 10.0 Å². The van der Waals surface area contributed by atoms with Crippen molar-refractivity contribution in [1.82, 2.24) is 4.72 Å². The summed E-state index contributed by atoms with van der Waals surface area (Å²) in [4.78, 5) is -0.215. The molecule has 3 N–H and O–H groups in total. The van der Waals surface area contributed by atoms with Gasteiger partial charge in [-0.3, -0.25) is 0 Å². The first-order valence-corrected chi connectivity index (χ1v) is 6.23. The van der Waals surface area contributed by atoms with Crippen molar-refractivity contribution in [3.8, 4) is 12.3 Å². The Balaban J connectivity index is 3.16. The normalized spacial score (nSPS) is 12.1. The molecule has 0 atom stereocenters. The van der Waals surface area contributed by atoms with Gasteiger partial charge in [0.05, 0.1) is 16.1 Å². The molecule has 1 rings (SSSR count). The average Bonchev–Trinajstić information content (AvgIpc) is 2.20. The molecule has 0 aliphatic heterocycles. The van der Waals surface area contributed by atoms with Gasteiger partial charge in [-0.15, -0.1) is 6.42 Å². The van der Waals surface area contributed by atoms with E-state index in [2.05, 4.69) is 10.6 Å². The lowest BCUT2D eigenvalue weighted by Crippen LogP contribution is -2.41. The number of nitrogens with two attached hydrogens (primary N) is 1. The van der Waals surface area contributed by atoms with Crippen LogP contribution < -0.4 is 10.5 Å². The summed E-state index contributed by atoms with van der Waals surface area (Å²) >= 11 is 0. The van der Waals surface area contributed by atoms with Crippen molar-refractivity contribution in [3.63, 3.8) is 0 Å². The molecule has 4 nitrogen and oxygen atoms in total. The third kappa shape index (κ3) is 3.19. The highest BCUT2D eigenvalue weighted by Crippen LogP contribution is 2.17. The lowest BCUT2D eigenvalue weighted by Gasteiger charge is -2.19. The Morgan fingerprint density at radius 2 is 2.06 bits per heavy atom. The molecule has 0 amide bonds. The van der Waals surface area contributed by atoms with E-state index in [4.69, 9.17) is 12.2 Å². The van der Waals surface area contributed by atoms with Crippen LogP contribution in [0, 0.1) is 18.2 Å². The van der Waals surface area contributed by atoms with E-state index in [1.165, 1.54) is 26.0 Å². The SMILES string of the molecule is C#CC(C)(C)NS(=O)(=O)c1ccc(N)c(F)c1. The molecule has 0 saturated carbocycles. The number of halogens is 1. The second-order valence-electron chi connectivity index (χ2n) is 4.06. The number of nitrogens with one attached hydrogen (secondary N) is 1. The summed E-state index contributed by atoms with van der Waals surface area (Å²) in [5, 5.41) is 0. The van der Waals surface area contributed by atoms with Crippen LogP contribution in [0.4, 0.5) is 10.1 Å². The molecule has 0 fully saturated rings. The van der Waals surface area contributed by atoms with Crippen LogP contribution in [0.15, 0.2) is 23.1 Å². The molecule has 0 aliphatic rings. The first kappa shape index (κ1) is 13.5. The van der Waals surface area contributed by atoms with Gasteiger partial charge in [-0.2, -0.15) is 4.72 Å². The Morgan fingerprint density at radius 1 is 1.47 bits per heavy atom. The van der Waals surface area contributed by atoms with Gasteiger partial charge < -0.3 is 5.73 Å². The summed E-state index contributed by atoms with van der Waals surface area (Å²) < 4.78 is 39.2. The van der Waals surface area contributed by atoms with Crippen molar-refractivity contribution in [3.05, 3.63) is 24.0 Å². The third-order valence-electron chi connectivity index (χ3n) is 2.03. The number of terminal acetylenes is 1. The van der Waals surface area contributed by atoms with Crippen molar-refractivity contribution in [2.75, 3.05) is 5.73 Å². The van der Waals surface area contributed by atoms with E-state index in [-0.39, 0.29) is 10.6 Å². The second-order valence-corrected chi connectivity index (χ2v) is 5.74. The average molecular weight is 256 g/mol. The monoisotopic (exact) mass is 256 g/mol. The van der Waals surface area contributed by atoms with Gasteiger partial charge >= 0.3 is 0 Å². The molecule has 0 aromatic heterocycles. The summed E-state index contributed by atoms with van der Waals surface area (Å²) in [6.07, 6.45) is 5.17. The molecule has 1 aromatic rings. The fraction of sp³-hybridized carbons (Fsp3) is 0.273. The zero-order valence-electron chi connectivity index (χ0n) is 9.49. The Morgan fingerprint density at radius 3 is 2.53 bits per heavy atom. The summed E-state index contributed by atoms with van der Waals surface area (Å²) in [6, 6.07) is 3.25. The fourth-order valence-electron chi connectivity index (χ4n) is 1.10. The minimum atomic E-state index is -3.86. The molecule has 92 valence electrons. The molecule has 17 heavy (non-hydrogen) atoms. The van der Waals surface area contributed by atoms with Gasteiger partial charge in [-0.05, 0) is 32.0 Å². The number of benzene rings is 1. The highest BCUT2D eigenvalue weighted by Gasteiger charge is 2.24. The molecular formula is C11H13FN2O2S. The van der Waals surface area contributed by atoms with Crippen LogP contribution in [0.5, 0.6) is 0 Å². The molecule has 6 heteroatoms. The van der Waals surface area contributed by atoms with Crippen LogP contribution in [0.1, 0.15) is 13.8 Å². The van der Waals surface area contributed by atoms with Crippen LogP contribution in [0.3, 0.4) is 0 Å². The van der Waals surface area contributed by atoms with E-state index < -0.39 is 21.4 Å². The maximum Gasteiger partial charge on any atom is 0.241 e. The zero-order valence-corrected chi connectivity index (χ0v) is 10.3. The smallest absolute Gasteiger partial charge is 0.241 e. The van der Waals surface area contributed by atoms with E-state index in [1.807, 2.05) is 0 Å². The number of rotatable bonds is 3. The Bertz CT molecular complexity index is 574. The summed E-state index contributed by atoms with van der Waals surface area (Å²) in [7, 11) is -3.86. The maximum atomic E-state index is 13.2. The quantitative estimate of drug-likeness (QED) is 0.628. The van der Waals surface area contributed by atoms with Crippen LogP contribution >= 0.6 is 0 Å². The highest BCUT2D eigenvalue weighted by molar-refractivity contribution is 7.89. The van der Waals surface area contributed by atoms with Crippen molar-refractivity contribution < 1.29 is 12.8 Å². The number of hydrogen-bond donors (Lipinski definition) is 2. The van der Waals surface area contributed by atoms with Crippen LogP contribution in [-0.4, -0.2) is 14.0 Å². The summed E-state index contributed by atoms with van der Waals surface area (Å²) in [5.41, 5.74) is 4.11.